The molecule has 84 heavy (non-hydrogen) atoms. The molecule has 2 heterocycles. The number of nitrogens with zero attached hydrogens (tertiary/aromatic N) is 3. The summed E-state index contributed by atoms with van der Waals surface area (Å²) in [6, 6.07) is 9.00. The number of carbonyl (C=O) groups is 11. The predicted octanol–water partition coefficient (Wildman–Crippen LogP) is 3.44. The summed E-state index contributed by atoms with van der Waals surface area (Å²) in [4.78, 5) is 160. The van der Waals surface area contributed by atoms with Gasteiger partial charge in [-0.1, -0.05) is 95.3 Å². The van der Waals surface area contributed by atoms with Crippen LogP contribution in [0.2, 0.25) is 0 Å². The van der Waals surface area contributed by atoms with E-state index >= 15 is 0 Å². The monoisotopic (exact) mass is 1170 g/mol. The van der Waals surface area contributed by atoms with Gasteiger partial charge in [0.1, 0.15) is 30.0 Å². The Bertz CT molecular complexity index is 2580. The van der Waals surface area contributed by atoms with Crippen molar-refractivity contribution in [3.05, 3.63) is 71.8 Å². The second-order valence-electron chi connectivity index (χ2n) is 24.2. The van der Waals surface area contributed by atoms with E-state index in [-0.39, 0.29) is 95.0 Å². The number of ketones is 4. The van der Waals surface area contributed by atoms with E-state index in [0.717, 1.165) is 5.56 Å². The standard InChI is InChI=1S/C63H94N8O13/c1-37(2)28-48-58(78)40(7)30-47(73)25-26-55(76)65-41(8)31-56(77)69(11)42(9)53(74)34-46(32-44-20-15-13-16-21-44)62(82)70(12)52(29-38(3)4)60(80)68-50(36-84-39(5)6)59(79)67-49(33-45-22-17-14-18-23-45)63(83)71-27-19-24-51(71)54(75)35-64-57(43(10)72)61(81)66-48/h13-18,20-23,37-43,46,48-52,57,64,72H,19,24-36H2,1-12H3,(H,65,76)(H,66,81)(H,67,79)(H,68,80)/t40?,41-,42+,43+,46+,48-,49-,50-,51-,52-,57-/m0/s1. The molecular weight excluding hydrogens is 1080 g/mol. The maximum Gasteiger partial charge on any atom is 0.246 e. The topological polar surface area (TPSA) is 287 Å². The Labute approximate surface area is 496 Å². The van der Waals surface area contributed by atoms with Crippen LogP contribution in [0.15, 0.2) is 60.7 Å². The summed E-state index contributed by atoms with van der Waals surface area (Å²) in [5, 5.41) is 24.9. The highest BCUT2D eigenvalue weighted by Crippen LogP contribution is 2.24. The molecule has 0 radical (unpaired) electrons. The molecule has 1 unspecified atom stereocenters. The molecule has 4 rings (SSSR count). The minimum Gasteiger partial charge on any atom is -0.391 e. The highest BCUT2D eigenvalue weighted by Gasteiger charge is 2.41. The zero-order valence-electron chi connectivity index (χ0n) is 51.4. The van der Waals surface area contributed by atoms with Crippen molar-refractivity contribution < 1.29 is 62.6 Å². The van der Waals surface area contributed by atoms with Crippen LogP contribution in [0.4, 0.5) is 0 Å². The number of likely N-dealkylation sites (N-methyl/N-ethyl adjacent to an activating group) is 2. The third-order valence-electron chi connectivity index (χ3n) is 15.6. The van der Waals surface area contributed by atoms with Crippen molar-refractivity contribution in [2.45, 2.75) is 200 Å². The fraction of sp³-hybridized carbons (Fsp3) is 0.635. The normalized spacial score (nSPS) is 27.0. The van der Waals surface area contributed by atoms with Gasteiger partial charge in [0.15, 0.2) is 17.3 Å². The lowest BCUT2D eigenvalue weighted by atomic mass is 9.89. The number of hydrogen-bond donors (Lipinski definition) is 6. The van der Waals surface area contributed by atoms with Crippen LogP contribution in [-0.2, 0) is 70.3 Å². The summed E-state index contributed by atoms with van der Waals surface area (Å²) in [5.74, 6) is -8.18. The summed E-state index contributed by atoms with van der Waals surface area (Å²) in [7, 11) is 2.93. The molecule has 2 aliphatic heterocycles. The summed E-state index contributed by atoms with van der Waals surface area (Å²) < 4.78 is 5.94. The van der Waals surface area contributed by atoms with Crippen molar-refractivity contribution in [2.24, 2.45) is 23.7 Å². The third kappa shape index (κ3) is 21.7. The molecule has 6 N–H and O–H groups in total. The summed E-state index contributed by atoms with van der Waals surface area (Å²) in [5.41, 5.74) is 1.43. The minimum absolute atomic E-state index is 0.00655. The van der Waals surface area contributed by atoms with E-state index in [9.17, 15) is 57.8 Å². The average molecular weight is 1170 g/mol. The molecule has 2 aliphatic rings. The van der Waals surface area contributed by atoms with E-state index in [1.54, 1.807) is 77.1 Å². The van der Waals surface area contributed by atoms with Gasteiger partial charge in [-0.15, -0.1) is 0 Å². The Morgan fingerprint density at radius 1 is 0.619 bits per heavy atom. The minimum atomic E-state index is -1.40. The van der Waals surface area contributed by atoms with Gasteiger partial charge >= 0.3 is 0 Å². The van der Waals surface area contributed by atoms with Gasteiger partial charge in [-0.3, -0.25) is 58.1 Å². The molecule has 0 aliphatic carbocycles. The van der Waals surface area contributed by atoms with Gasteiger partial charge in [-0.05, 0) is 89.7 Å². The molecule has 2 aromatic carbocycles. The van der Waals surface area contributed by atoms with Crippen molar-refractivity contribution in [1.82, 2.24) is 41.3 Å². The first-order valence-electron chi connectivity index (χ1n) is 29.8. The molecule has 2 fully saturated rings. The van der Waals surface area contributed by atoms with Gasteiger partial charge in [-0.25, -0.2) is 0 Å². The number of rotatable bonds is 12. The molecule has 2 aromatic rings. The number of ether oxygens (including phenoxy) is 1. The van der Waals surface area contributed by atoms with Gasteiger partial charge in [0.25, 0.3) is 0 Å². The van der Waals surface area contributed by atoms with Crippen LogP contribution in [0.25, 0.3) is 0 Å². The van der Waals surface area contributed by atoms with Crippen LogP contribution in [0, 0.1) is 23.7 Å². The number of carbonyl (C=O) groups excluding carboxylic acids is 11. The maximum absolute atomic E-state index is 14.9. The smallest absolute Gasteiger partial charge is 0.246 e. The quantitative estimate of drug-likeness (QED) is 0.178. The molecular formula is C63H94N8O13. The Hall–Kier alpha value is -6.71. The third-order valence-corrected chi connectivity index (χ3v) is 15.6. The zero-order chi connectivity index (χ0) is 62.5. The maximum atomic E-state index is 14.9. The Balaban J connectivity index is 1.76. The number of fused-ring (bicyclic) bond motifs is 1. The molecule has 7 amide bonds. The number of hydrogen-bond acceptors (Lipinski definition) is 14. The zero-order valence-corrected chi connectivity index (χ0v) is 51.4. The summed E-state index contributed by atoms with van der Waals surface area (Å²) in [6.07, 6.45) is -1.80. The van der Waals surface area contributed by atoms with Gasteiger partial charge in [0.05, 0.1) is 43.5 Å². The van der Waals surface area contributed by atoms with Crippen molar-refractivity contribution >= 4 is 64.5 Å². The van der Waals surface area contributed by atoms with E-state index in [2.05, 4.69) is 26.6 Å². The number of amides is 7. The van der Waals surface area contributed by atoms with Crippen molar-refractivity contribution in [3.63, 3.8) is 0 Å². The Morgan fingerprint density at radius 3 is 1.79 bits per heavy atom. The number of benzene rings is 2. The predicted molar refractivity (Wildman–Crippen MR) is 316 cm³/mol. The molecule has 2 saturated heterocycles. The largest absolute Gasteiger partial charge is 0.391 e. The van der Waals surface area contributed by atoms with Crippen LogP contribution < -0.4 is 26.6 Å². The first-order chi connectivity index (χ1) is 39.6. The average Bonchev–Trinajstić information content (AvgIpc) is 3.70. The molecule has 0 bridgehead atoms. The summed E-state index contributed by atoms with van der Waals surface area (Å²) in [6.45, 7) is 16.4. The Morgan fingerprint density at radius 2 is 1.20 bits per heavy atom. The molecule has 21 heteroatoms. The highest BCUT2D eigenvalue weighted by molar-refractivity contribution is 5.99. The number of nitrogens with one attached hydrogen (secondary N) is 5. The molecule has 11 atom stereocenters. The van der Waals surface area contributed by atoms with Crippen molar-refractivity contribution in [3.8, 4) is 0 Å². The van der Waals surface area contributed by atoms with Crippen molar-refractivity contribution in [2.75, 3.05) is 33.8 Å². The molecule has 0 spiro atoms. The molecule has 0 aromatic heterocycles. The Kier molecular flexibility index (Phi) is 28.0. The first kappa shape index (κ1) is 69.8. The summed E-state index contributed by atoms with van der Waals surface area (Å²) >= 11 is 0. The fourth-order valence-electron chi connectivity index (χ4n) is 10.7. The van der Waals surface area contributed by atoms with Gasteiger partial charge in [-0.2, -0.15) is 0 Å². The van der Waals surface area contributed by atoms with E-state index in [4.69, 9.17) is 4.74 Å². The highest BCUT2D eigenvalue weighted by atomic mass is 16.5. The van der Waals surface area contributed by atoms with Gasteiger partial charge < -0.3 is 45.8 Å². The SMILES string of the molecule is CC(C)C[C@@H]1NC(=O)[C@H]([C@@H](C)O)NCC(=O)[C@@H]2CCCN2C(=O)[C@H](Cc2ccccc2)NC(=O)[C@H](COC(C)C)NC(=O)[C@H](CC(C)C)N(C)C(=O)[C@H](Cc2ccccc2)CC(=O)[C@@H](C)N(C)C(=O)C[C@H](C)NC(=O)CCC(=O)CC(C)C1=O. The van der Waals surface area contributed by atoms with E-state index in [0.29, 0.717) is 12.0 Å². The van der Waals surface area contributed by atoms with E-state index in [1.165, 1.54) is 35.7 Å². The molecule has 21 nitrogen and oxygen atoms in total. The number of aliphatic hydroxyl groups is 1. The lowest BCUT2D eigenvalue weighted by Gasteiger charge is -2.34. The van der Waals surface area contributed by atoms with Crippen LogP contribution in [0.1, 0.15) is 138 Å². The number of Topliss-reactive ketones (excluding diaryl/α,β-unsaturated/α-hetero) is 4. The van der Waals surface area contributed by atoms with Gasteiger partial charge in [0.2, 0.25) is 41.4 Å². The van der Waals surface area contributed by atoms with Gasteiger partial charge in [0, 0.05) is 77.0 Å². The van der Waals surface area contributed by atoms with Crippen LogP contribution in [-0.4, -0.2) is 179 Å². The lowest BCUT2D eigenvalue weighted by molar-refractivity contribution is -0.146. The van der Waals surface area contributed by atoms with Crippen LogP contribution in [0.3, 0.4) is 0 Å². The van der Waals surface area contributed by atoms with E-state index < -0.39 is 138 Å². The van der Waals surface area contributed by atoms with E-state index in [1.807, 2.05) is 45.9 Å². The second-order valence-corrected chi connectivity index (χ2v) is 24.2. The van der Waals surface area contributed by atoms with Crippen molar-refractivity contribution in [1.29, 1.82) is 0 Å². The lowest BCUT2D eigenvalue weighted by Crippen LogP contribution is -2.60. The van der Waals surface area contributed by atoms with Crippen LogP contribution >= 0.6 is 0 Å². The first-order valence-corrected chi connectivity index (χ1v) is 29.8. The molecule has 464 valence electrons. The van der Waals surface area contributed by atoms with Crippen LogP contribution in [0.5, 0.6) is 0 Å². The number of aliphatic hydroxyl groups excluding tert-OH is 1. The fourth-order valence-corrected chi connectivity index (χ4v) is 10.7. The molecule has 0 saturated carbocycles. The second kappa shape index (κ2) is 33.7.